The number of hydrogen-bond acceptors (Lipinski definition) is 4. The van der Waals surface area contributed by atoms with E-state index in [9.17, 15) is 4.79 Å². The quantitative estimate of drug-likeness (QED) is 0.872. The van der Waals surface area contributed by atoms with Gasteiger partial charge in [-0.15, -0.1) is 0 Å². The van der Waals surface area contributed by atoms with Crippen LogP contribution in [0.2, 0.25) is 0 Å². The molecule has 0 bridgehead atoms. The molecule has 0 amide bonds. The summed E-state index contributed by atoms with van der Waals surface area (Å²) in [5, 5.41) is 1.02. The highest BCUT2D eigenvalue weighted by molar-refractivity contribution is 5.83. The van der Waals surface area contributed by atoms with Crippen LogP contribution >= 0.6 is 0 Å². The molecule has 0 radical (unpaired) electrons. The van der Waals surface area contributed by atoms with Gasteiger partial charge in [-0.1, -0.05) is 18.2 Å². The summed E-state index contributed by atoms with van der Waals surface area (Å²) in [4.78, 5) is 16.2. The zero-order chi connectivity index (χ0) is 14.8. The molecule has 0 spiro atoms. The lowest BCUT2D eigenvalue weighted by Gasteiger charge is -2.22. The van der Waals surface area contributed by atoms with Crippen molar-refractivity contribution in [2.45, 2.75) is 38.8 Å². The van der Waals surface area contributed by atoms with Crippen molar-refractivity contribution in [3.63, 3.8) is 0 Å². The molecule has 0 aliphatic carbocycles. The standard InChI is InChI=1S/C16H20N2O2/c1-16(2,3)20-15(19)13(17)10-11-8-9-18-14-7-5-4-6-12(11)14/h4-9,13H,10,17H2,1-3H3/t13-/m1/s1. The van der Waals surface area contributed by atoms with Crippen LogP contribution in [0.3, 0.4) is 0 Å². The summed E-state index contributed by atoms with van der Waals surface area (Å²) in [7, 11) is 0. The van der Waals surface area contributed by atoms with E-state index in [0.29, 0.717) is 6.42 Å². The Morgan fingerprint density at radius 3 is 2.70 bits per heavy atom. The summed E-state index contributed by atoms with van der Waals surface area (Å²) in [6, 6.07) is 9.04. The molecule has 1 aromatic heterocycles. The van der Waals surface area contributed by atoms with Gasteiger partial charge in [0, 0.05) is 11.6 Å². The minimum atomic E-state index is -0.667. The van der Waals surface area contributed by atoms with Gasteiger partial charge in [-0.25, -0.2) is 0 Å². The summed E-state index contributed by atoms with van der Waals surface area (Å²) < 4.78 is 5.30. The number of ether oxygens (including phenoxy) is 1. The summed E-state index contributed by atoms with van der Waals surface area (Å²) in [5.74, 6) is -0.376. The Morgan fingerprint density at radius 1 is 1.30 bits per heavy atom. The van der Waals surface area contributed by atoms with Gasteiger partial charge in [0.1, 0.15) is 11.6 Å². The zero-order valence-corrected chi connectivity index (χ0v) is 12.1. The number of aromatic nitrogens is 1. The average molecular weight is 272 g/mol. The minimum absolute atomic E-state index is 0.376. The Morgan fingerprint density at radius 2 is 2.00 bits per heavy atom. The van der Waals surface area contributed by atoms with Crippen molar-refractivity contribution in [2.24, 2.45) is 5.73 Å². The lowest BCUT2D eigenvalue weighted by molar-refractivity contribution is -0.156. The van der Waals surface area contributed by atoms with Crippen molar-refractivity contribution in [1.82, 2.24) is 4.98 Å². The average Bonchev–Trinajstić information content (AvgIpc) is 2.37. The Bertz CT molecular complexity index is 612. The highest BCUT2D eigenvalue weighted by Gasteiger charge is 2.22. The van der Waals surface area contributed by atoms with Crippen molar-refractivity contribution in [1.29, 1.82) is 0 Å². The Balaban J connectivity index is 2.18. The fourth-order valence-electron chi connectivity index (χ4n) is 2.03. The lowest BCUT2D eigenvalue weighted by Crippen LogP contribution is -2.38. The van der Waals surface area contributed by atoms with E-state index in [2.05, 4.69) is 4.98 Å². The van der Waals surface area contributed by atoms with Gasteiger partial charge >= 0.3 is 5.97 Å². The molecule has 20 heavy (non-hydrogen) atoms. The monoisotopic (exact) mass is 272 g/mol. The molecule has 4 nitrogen and oxygen atoms in total. The number of fused-ring (bicyclic) bond motifs is 1. The van der Waals surface area contributed by atoms with Crippen LogP contribution in [-0.2, 0) is 16.0 Å². The molecule has 0 fully saturated rings. The zero-order valence-electron chi connectivity index (χ0n) is 12.1. The van der Waals surface area contributed by atoms with Crippen molar-refractivity contribution in [3.05, 3.63) is 42.1 Å². The molecule has 2 aromatic rings. The molecule has 0 saturated heterocycles. The van der Waals surface area contributed by atoms with Gasteiger partial charge in [-0.05, 0) is 44.9 Å². The molecule has 0 unspecified atom stereocenters. The summed E-state index contributed by atoms with van der Waals surface area (Å²) in [6.07, 6.45) is 2.18. The SMILES string of the molecule is CC(C)(C)OC(=O)[C@H](N)Cc1ccnc2ccccc12. The maximum atomic E-state index is 11.9. The second kappa shape index (κ2) is 5.59. The molecule has 1 heterocycles. The maximum Gasteiger partial charge on any atom is 0.323 e. The topological polar surface area (TPSA) is 65.2 Å². The van der Waals surface area contributed by atoms with Crippen LogP contribution in [0.4, 0.5) is 0 Å². The molecule has 0 aliphatic heterocycles. The summed E-state index contributed by atoms with van der Waals surface area (Å²) >= 11 is 0. The Hall–Kier alpha value is -1.94. The van der Waals surface area contributed by atoms with E-state index in [1.54, 1.807) is 6.20 Å². The number of hydrogen-bond donors (Lipinski definition) is 1. The molecule has 1 atom stereocenters. The van der Waals surface area contributed by atoms with E-state index in [1.165, 1.54) is 0 Å². The van der Waals surface area contributed by atoms with Gasteiger partial charge in [-0.3, -0.25) is 9.78 Å². The molecular weight excluding hydrogens is 252 g/mol. The van der Waals surface area contributed by atoms with E-state index in [1.807, 2.05) is 51.1 Å². The van der Waals surface area contributed by atoms with E-state index in [4.69, 9.17) is 10.5 Å². The predicted molar refractivity (Wildman–Crippen MR) is 79.3 cm³/mol. The second-order valence-corrected chi connectivity index (χ2v) is 5.83. The maximum absolute atomic E-state index is 11.9. The number of benzene rings is 1. The number of esters is 1. The van der Waals surface area contributed by atoms with Crippen molar-refractivity contribution < 1.29 is 9.53 Å². The van der Waals surface area contributed by atoms with Gasteiger partial charge in [0.05, 0.1) is 5.52 Å². The van der Waals surface area contributed by atoms with Crippen LogP contribution in [0.1, 0.15) is 26.3 Å². The molecule has 0 saturated carbocycles. The van der Waals surface area contributed by atoms with Crippen LogP contribution in [0.25, 0.3) is 10.9 Å². The largest absolute Gasteiger partial charge is 0.459 e. The van der Waals surface area contributed by atoms with E-state index in [-0.39, 0.29) is 5.97 Å². The van der Waals surface area contributed by atoms with Gasteiger partial charge in [-0.2, -0.15) is 0 Å². The predicted octanol–water partition coefficient (Wildman–Crippen LogP) is 2.45. The Kier molecular flexibility index (Phi) is 4.04. The van der Waals surface area contributed by atoms with Gasteiger partial charge in [0.15, 0.2) is 0 Å². The van der Waals surface area contributed by atoms with Crippen LogP contribution in [0, 0.1) is 0 Å². The lowest BCUT2D eigenvalue weighted by atomic mass is 10.0. The third-order valence-electron chi connectivity index (χ3n) is 2.89. The van der Waals surface area contributed by atoms with Gasteiger partial charge in [0.2, 0.25) is 0 Å². The van der Waals surface area contributed by atoms with E-state index in [0.717, 1.165) is 16.5 Å². The highest BCUT2D eigenvalue weighted by Crippen LogP contribution is 2.18. The molecule has 0 aliphatic rings. The number of pyridine rings is 1. The second-order valence-electron chi connectivity index (χ2n) is 5.83. The first-order valence-electron chi connectivity index (χ1n) is 6.68. The number of nitrogens with two attached hydrogens (primary N) is 1. The molecular formula is C16H20N2O2. The first-order chi connectivity index (χ1) is 9.37. The van der Waals surface area contributed by atoms with Crippen LogP contribution in [0.5, 0.6) is 0 Å². The normalized spacial score (nSPS) is 13.2. The van der Waals surface area contributed by atoms with Gasteiger partial charge < -0.3 is 10.5 Å². The van der Waals surface area contributed by atoms with Crippen molar-refractivity contribution in [3.8, 4) is 0 Å². The summed E-state index contributed by atoms with van der Waals surface area (Å²) in [6.45, 7) is 5.50. The van der Waals surface area contributed by atoms with E-state index >= 15 is 0 Å². The number of carbonyl (C=O) groups excluding carboxylic acids is 1. The van der Waals surface area contributed by atoms with Crippen LogP contribution < -0.4 is 5.73 Å². The van der Waals surface area contributed by atoms with Crippen LogP contribution in [-0.4, -0.2) is 22.6 Å². The third-order valence-corrected chi connectivity index (χ3v) is 2.89. The molecule has 2 N–H and O–H groups in total. The molecule has 1 aromatic carbocycles. The fraction of sp³-hybridized carbons (Fsp3) is 0.375. The number of rotatable bonds is 3. The smallest absolute Gasteiger partial charge is 0.323 e. The number of nitrogens with zero attached hydrogens (tertiary/aromatic N) is 1. The highest BCUT2D eigenvalue weighted by atomic mass is 16.6. The first kappa shape index (κ1) is 14.5. The van der Waals surface area contributed by atoms with Crippen molar-refractivity contribution >= 4 is 16.9 Å². The molecule has 106 valence electrons. The van der Waals surface area contributed by atoms with Gasteiger partial charge in [0.25, 0.3) is 0 Å². The van der Waals surface area contributed by atoms with Crippen LogP contribution in [0.15, 0.2) is 36.5 Å². The third kappa shape index (κ3) is 3.54. The first-order valence-corrected chi connectivity index (χ1v) is 6.68. The molecule has 4 heteroatoms. The minimum Gasteiger partial charge on any atom is -0.459 e. The number of carbonyl (C=O) groups is 1. The molecule has 2 rings (SSSR count). The Labute approximate surface area is 119 Å². The number of para-hydroxylation sites is 1. The fourth-order valence-corrected chi connectivity index (χ4v) is 2.03. The van der Waals surface area contributed by atoms with Crippen molar-refractivity contribution in [2.75, 3.05) is 0 Å². The van der Waals surface area contributed by atoms with E-state index < -0.39 is 11.6 Å². The summed E-state index contributed by atoms with van der Waals surface area (Å²) in [5.41, 5.74) is 7.35.